The van der Waals surface area contributed by atoms with Gasteiger partial charge in [0.1, 0.15) is 17.6 Å². The fraction of sp³-hybridized carbons (Fsp3) is 0.429. The first-order valence-corrected chi connectivity index (χ1v) is 9.00. The largest absolute Gasteiger partial charge is 0.487 e. The number of likely N-dealkylation sites (tertiary alicyclic amines) is 1. The third-order valence-corrected chi connectivity index (χ3v) is 4.48. The molecule has 26 heavy (non-hydrogen) atoms. The molecule has 5 nitrogen and oxygen atoms in total. The zero-order valence-corrected chi connectivity index (χ0v) is 15.6. The van der Waals surface area contributed by atoms with Crippen molar-refractivity contribution < 1.29 is 14.3 Å². The quantitative estimate of drug-likeness (QED) is 0.825. The average molecular weight is 354 g/mol. The fourth-order valence-electron chi connectivity index (χ4n) is 3.10. The van der Waals surface area contributed by atoms with Gasteiger partial charge in [-0.1, -0.05) is 39.0 Å². The highest BCUT2D eigenvalue weighted by molar-refractivity contribution is 5.78. The van der Waals surface area contributed by atoms with Gasteiger partial charge in [-0.05, 0) is 29.2 Å². The number of rotatable bonds is 5. The first-order valence-electron chi connectivity index (χ1n) is 9.00. The van der Waals surface area contributed by atoms with E-state index in [2.05, 4.69) is 25.8 Å². The van der Waals surface area contributed by atoms with E-state index >= 15 is 0 Å². The van der Waals surface area contributed by atoms with Crippen molar-refractivity contribution in [3.8, 4) is 11.5 Å². The summed E-state index contributed by atoms with van der Waals surface area (Å²) in [5, 5.41) is 0. The molecule has 0 radical (unpaired) electrons. The van der Waals surface area contributed by atoms with E-state index in [-0.39, 0.29) is 24.0 Å². The smallest absolute Gasteiger partial charge is 0.260 e. The Hall–Kier alpha value is -2.56. The van der Waals surface area contributed by atoms with Crippen LogP contribution in [0.5, 0.6) is 11.5 Å². The van der Waals surface area contributed by atoms with Crippen molar-refractivity contribution >= 4 is 5.91 Å². The van der Waals surface area contributed by atoms with E-state index in [1.165, 1.54) is 0 Å². The second-order valence-electron chi connectivity index (χ2n) is 7.59. The molecule has 1 atom stereocenters. The maximum absolute atomic E-state index is 12.5. The predicted molar refractivity (Wildman–Crippen MR) is 100 cm³/mol. The van der Waals surface area contributed by atoms with Crippen LogP contribution in [0.15, 0.2) is 48.8 Å². The monoisotopic (exact) mass is 354 g/mol. The van der Waals surface area contributed by atoms with Crippen LogP contribution >= 0.6 is 0 Å². The molecule has 138 valence electrons. The lowest BCUT2D eigenvalue weighted by Gasteiger charge is -2.23. The van der Waals surface area contributed by atoms with Crippen LogP contribution in [0.4, 0.5) is 0 Å². The van der Waals surface area contributed by atoms with Crippen LogP contribution in [0.25, 0.3) is 0 Å². The number of aromatic nitrogens is 1. The molecule has 1 aliphatic rings. The van der Waals surface area contributed by atoms with Crippen LogP contribution in [-0.2, 0) is 10.2 Å². The molecule has 2 heterocycles. The van der Waals surface area contributed by atoms with Gasteiger partial charge in [-0.25, -0.2) is 0 Å². The maximum Gasteiger partial charge on any atom is 0.260 e. The van der Waals surface area contributed by atoms with E-state index in [9.17, 15) is 4.79 Å². The number of carbonyl (C=O) groups excluding carboxylic acids is 1. The third kappa shape index (κ3) is 4.54. The van der Waals surface area contributed by atoms with Crippen molar-refractivity contribution in [3.63, 3.8) is 0 Å². The van der Waals surface area contributed by atoms with Gasteiger partial charge in [0.2, 0.25) is 0 Å². The summed E-state index contributed by atoms with van der Waals surface area (Å²) in [6, 6.07) is 11.6. The summed E-state index contributed by atoms with van der Waals surface area (Å²) in [6.07, 6.45) is 4.23. The maximum atomic E-state index is 12.5. The Morgan fingerprint density at radius 2 is 2.04 bits per heavy atom. The second-order valence-corrected chi connectivity index (χ2v) is 7.59. The van der Waals surface area contributed by atoms with Gasteiger partial charge in [-0.15, -0.1) is 0 Å². The third-order valence-electron chi connectivity index (χ3n) is 4.48. The summed E-state index contributed by atoms with van der Waals surface area (Å²) in [7, 11) is 0. The molecular formula is C21H26N2O3. The standard InChI is InChI=1S/C21H26N2O3/c1-21(2,3)18-8-4-5-9-19(18)25-15-20(24)23-12-10-17(14-23)26-16-7-6-11-22-13-16/h4-9,11,13,17H,10,12,14-15H2,1-3H3. The number of amides is 1. The van der Waals surface area contributed by atoms with Crippen molar-refractivity contribution in [1.29, 1.82) is 0 Å². The van der Waals surface area contributed by atoms with Gasteiger partial charge < -0.3 is 14.4 Å². The number of nitrogens with zero attached hydrogens (tertiary/aromatic N) is 2. The summed E-state index contributed by atoms with van der Waals surface area (Å²) in [4.78, 5) is 18.4. The molecule has 1 amide bonds. The molecule has 1 fully saturated rings. The predicted octanol–water partition coefficient (Wildman–Crippen LogP) is 3.44. The Morgan fingerprint density at radius 1 is 1.23 bits per heavy atom. The molecule has 1 aromatic heterocycles. The molecule has 1 unspecified atom stereocenters. The van der Waals surface area contributed by atoms with E-state index in [4.69, 9.17) is 9.47 Å². The van der Waals surface area contributed by atoms with Gasteiger partial charge in [-0.3, -0.25) is 9.78 Å². The first kappa shape index (κ1) is 18.2. The van der Waals surface area contributed by atoms with Gasteiger partial charge >= 0.3 is 0 Å². The Labute approximate surface area is 155 Å². The minimum Gasteiger partial charge on any atom is -0.487 e. The Kier molecular flexibility index (Phi) is 5.45. The van der Waals surface area contributed by atoms with Crippen molar-refractivity contribution in [1.82, 2.24) is 9.88 Å². The molecule has 0 aliphatic carbocycles. The number of para-hydroxylation sites is 1. The van der Waals surface area contributed by atoms with Crippen molar-refractivity contribution in [2.45, 2.75) is 38.7 Å². The summed E-state index contributed by atoms with van der Waals surface area (Å²) >= 11 is 0. The lowest BCUT2D eigenvalue weighted by Crippen LogP contribution is -2.34. The highest BCUT2D eigenvalue weighted by Crippen LogP contribution is 2.31. The molecule has 1 saturated heterocycles. The summed E-state index contributed by atoms with van der Waals surface area (Å²) in [5.74, 6) is 1.50. The number of ether oxygens (including phenoxy) is 2. The molecule has 0 saturated carbocycles. The highest BCUT2D eigenvalue weighted by atomic mass is 16.5. The van der Waals surface area contributed by atoms with Crippen LogP contribution in [0.3, 0.4) is 0 Å². The van der Waals surface area contributed by atoms with Crippen LogP contribution in [0.2, 0.25) is 0 Å². The zero-order chi connectivity index (χ0) is 18.6. The lowest BCUT2D eigenvalue weighted by molar-refractivity contribution is -0.132. The second kappa shape index (κ2) is 7.77. The summed E-state index contributed by atoms with van der Waals surface area (Å²) < 4.78 is 11.7. The normalized spacial score (nSPS) is 17.2. The fourth-order valence-corrected chi connectivity index (χ4v) is 3.10. The summed E-state index contributed by atoms with van der Waals surface area (Å²) in [6.45, 7) is 7.73. The number of carbonyl (C=O) groups is 1. The highest BCUT2D eigenvalue weighted by Gasteiger charge is 2.28. The van der Waals surface area contributed by atoms with Gasteiger partial charge in [0.15, 0.2) is 6.61 Å². The van der Waals surface area contributed by atoms with Crippen molar-refractivity contribution in [3.05, 3.63) is 54.4 Å². The molecule has 3 rings (SSSR count). The van der Waals surface area contributed by atoms with Crippen LogP contribution < -0.4 is 9.47 Å². The van der Waals surface area contributed by atoms with Crippen molar-refractivity contribution in [2.75, 3.05) is 19.7 Å². The van der Waals surface area contributed by atoms with Crippen LogP contribution in [0.1, 0.15) is 32.8 Å². The Morgan fingerprint density at radius 3 is 2.77 bits per heavy atom. The van der Waals surface area contributed by atoms with Gasteiger partial charge in [-0.2, -0.15) is 0 Å². The molecule has 1 aliphatic heterocycles. The van der Waals surface area contributed by atoms with Crippen molar-refractivity contribution in [2.24, 2.45) is 0 Å². The zero-order valence-electron chi connectivity index (χ0n) is 15.6. The number of hydrogen-bond donors (Lipinski definition) is 0. The van der Waals surface area contributed by atoms with E-state index in [1.54, 1.807) is 17.3 Å². The SMILES string of the molecule is CC(C)(C)c1ccccc1OCC(=O)N1CCC(Oc2cccnc2)C1. The van der Waals surface area contributed by atoms with E-state index in [0.717, 1.165) is 23.5 Å². The number of benzene rings is 1. The minimum absolute atomic E-state index is 0.00464. The van der Waals surface area contributed by atoms with Crippen LogP contribution in [0, 0.1) is 0 Å². The molecule has 2 aromatic rings. The first-order chi connectivity index (χ1) is 12.4. The van der Waals surface area contributed by atoms with Gasteiger partial charge in [0.25, 0.3) is 5.91 Å². The Bertz CT molecular complexity index is 740. The molecule has 5 heteroatoms. The molecule has 0 bridgehead atoms. The molecule has 0 N–H and O–H groups in total. The average Bonchev–Trinajstić information content (AvgIpc) is 3.08. The molecule has 1 aromatic carbocycles. The minimum atomic E-state index is -0.0318. The van der Waals surface area contributed by atoms with Gasteiger partial charge in [0.05, 0.1) is 12.7 Å². The number of pyridine rings is 1. The topological polar surface area (TPSA) is 51.7 Å². The van der Waals surface area contributed by atoms with E-state index in [0.29, 0.717) is 13.1 Å². The van der Waals surface area contributed by atoms with E-state index < -0.39 is 0 Å². The number of hydrogen-bond acceptors (Lipinski definition) is 4. The lowest BCUT2D eigenvalue weighted by atomic mass is 9.86. The molecule has 0 spiro atoms. The summed E-state index contributed by atoms with van der Waals surface area (Å²) in [5.41, 5.74) is 1.07. The van der Waals surface area contributed by atoms with Gasteiger partial charge in [0, 0.05) is 19.2 Å². The van der Waals surface area contributed by atoms with Crippen LogP contribution in [-0.4, -0.2) is 41.6 Å². The molecular weight excluding hydrogens is 328 g/mol. The van der Waals surface area contributed by atoms with E-state index in [1.807, 2.05) is 36.4 Å². The Balaban J connectivity index is 1.54.